The van der Waals surface area contributed by atoms with Gasteiger partial charge in [0, 0.05) is 36.6 Å². The number of hydrogen-bond donors (Lipinski definition) is 1. The zero-order chi connectivity index (χ0) is 20.5. The molecule has 0 spiro atoms. The van der Waals surface area contributed by atoms with Crippen molar-refractivity contribution in [3.63, 3.8) is 0 Å². The number of carbonyl (C=O) groups excluding carboxylic acids is 1. The van der Waals surface area contributed by atoms with E-state index >= 15 is 0 Å². The molecule has 8 heteroatoms. The molecule has 1 N–H and O–H groups in total. The smallest absolute Gasteiger partial charge is 0.171 e. The van der Waals surface area contributed by atoms with Gasteiger partial charge in [0.2, 0.25) is 0 Å². The Hall–Kier alpha value is -3.39. The Morgan fingerprint density at radius 3 is 2.80 bits per heavy atom. The Morgan fingerprint density at radius 1 is 1.13 bits per heavy atom. The summed E-state index contributed by atoms with van der Waals surface area (Å²) in [5.41, 5.74) is 3.96. The number of carbonyl (C=O) groups is 1. The first-order valence-electron chi connectivity index (χ1n) is 10.2. The topological polar surface area (TPSA) is 90.5 Å². The van der Waals surface area contributed by atoms with E-state index in [2.05, 4.69) is 20.5 Å². The number of fused-ring (bicyclic) bond motifs is 1. The number of Topliss-reactive ketones (excluding diaryl/α,β-unsaturated/α-hetero) is 1. The third-order valence-electron chi connectivity index (χ3n) is 5.58. The van der Waals surface area contributed by atoms with Gasteiger partial charge in [0.25, 0.3) is 0 Å². The zero-order valence-electron chi connectivity index (χ0n) is 16.8. The van der Waals surface area contributed by atoms with Gasteiger partial charge in [-0.3, -0.25) is 19.1 Å². The van der Waals surface area contributed by atoms with Gasteiger partial charge in [-0.15, -0.1) is 0 Å². The standard InChI is InChI=1S/C22H23N7O/c1-28-13-16(11-25-28)20-3-2-15-10-24-18(8-21(15)27-20)9-22(30)17-12-26-29(14-17)19-4-6-23-7-5-19/h2-3,8,10-14,19,23H,4-7,9H2,1H3. The fourth-order valence-electron chi connectivity index (χ4n) is 3.89. The van der Waals surface area contributed by atoms with Crippen LogP contribution in [0.1, 0.15) is 34.9 Å². The summed E-state index contributed by atoms with van der Waals surface area (Å²) in [6, 6.07) is 6.21. The molecule has 30 heavy (non-hydrogen) atoms. The van der Waals surface area contributed by atoms with Crippen molar-refractivity contribution in [1.82, 2.24) is 34.8 Å². The van der Waals surface area contributed by atoms with E-state index in [4.69, 9.17) is 4.98 Å². The minimum absolute atomic E-state index is 0.0189. The molecule has 0 aliphatic carbocycles. The molecule has 1 fully saturated rings. The summed E-state index contributed by atoms with van der Waals surface area (Å²) < 4.78 is 3.69. The van der Waals surface area contributed by atoms with E-state index in [1.54, 1.807) is 23.3 Å². The van der Waals surface area contributed by atoms with Crippen molar-refractivity contribution in [2.24, 2.45) is 7.05 Å². The van der Waals surface area contributed by atoms with Crippen molar-refractivity contribution in [2.75, 3.05) is 13.1 Å². The highest BCUT2D eigenvalue weighted by Crippen LogP contribution is 2.22. The molecule has 8 nitrogen and oxygen atoms in total. The van der Waals surface area contributed by atoms with Gasteiger partial charge in [0.05, 0.1) is 47.3 Å². The Bertz CT molecular complexity index is 1200. The summed E-state index contributed by atoms with van der Waals surface area (Å²) in [6.45, 7) is 1.98. The summed E-state index contributed by atoms with van der Waals surface area (Å²) in [5, 5.41) is 12.9. The summed E-state index contributed by atoms with van der Waals surface area (Å²) in [4.78, 5) is 22.0. The lowest BCUT2D eigenvalue weighted by atomic mass is 10.1. The maximum absolute atomic E-state index is 12.8. The average molecular weight is 401 g/mol. The highest BCUT2D eigenvalue weighted by Gasteiger charge is 2.18. The lowest BCUT2D eigenvalue weighted by molar-refractivity contribution is 0.0992. The van der Waals surface area contributed by atoms with Crippen LogP contribution in [-0.4, -0.2) is 48.4 Å². The molecule has 4 aromatic rings. The van der Waals surface area contributed by atoms with Crippen LogP contribution in [0.3, 0.4) is 0 Å². The molecule has 5 heterocycles. The van der Waals surface area contributed by atoms with Crippen LogP contribution < -0.4 is 5.32 Å². The van der Waals surface area contributed by atoms with E-state index in [0.717, 1.165) is 48.1 Å². The van der Waals surface area contributed by atoms with Gasteiger partial charge in [0.1, 0.15) is 0 Å². The molecule has 1 saturated heterocycles. The molecule has 5 rings (SSSR count). The number of rotatable bonds is 5. The predicted molar refractivity (Wildman–Crippen MR) is 113 cm³/mol. The normalized spacial score (nSPS) is 15.0. The SMILES string of the molecule is Cn1cc(-c2ccc3cnc(CC(=O)c4cnn(C5CCNCC5)c4)cc3n2)cn1. The molecular formula is C22H23N7O. The van der Waals surface area contributed by atoms with Gasteiger partial charge >= 0.3 is 0 Å². The van der Waals surface area contributed by atoms with Crippen molar-refractivity contribution >= 4 is 16.7 Å². The quantitative estimate of drug-likeness (QED) is 0.517. The maximum Gasteiger partial charge on any atom is 0.171 e. The predicted octanol–water partition coefficient (Wildman–Crippen LogP) is 2.58. The van der Waals surface area contributed by atoms with Crippen molar-refractivity contribution in [3.8, 4) is 11.3 Å². The summed E-state index contributed by atoms with van der Waals surface area (Å²) >= 11 is 0. The Balaban J connectivity index is 1.35. The Morgan fingerprint density at radius 2 is 2.00 bits per heavy atom. The number of pyridine rings is 2. The van der Waals surface area contributed by atoms with E-state index in [-0.39, 0.29) is 12.2 Å². The molecule has 0 radical (unpaired) electrons. The van der Waals surface area contributed by atoms with E-state index in [1.165, 1.54) is 0 Å². The zero-order valence-corrected chi connectivity index (χ0v) is 16.8. The maximum atomic E-state index is 12.8. The van der Waals surface area contributed by atoms with E-state index < -0.39 is 0 Å². The second-order valence-electron chi connectivity index (χ2n) is 7.76. The molecule has 1 aliphatic rings. The molecule has 0 saturated carbocycles. The molecule has 0 bridgehead atoms. The van der Waals surface area contributed by atoms with Crippen LogP contribution in [0.25, 0.3) is 22.2 Å². The number of piperidine rings is 1. The van der Waals surface area contributed by atoms with Crippen LogP contribution in [0.4, 0.5) is 0 Å². The Kier molecular flexibility index (Phi) is 4.84. The van der Waals surface area contributed by atoms with Crippen LogP contribution in [0.2, 0.25) is 0 Å². The molecule has 0 atom stereocenters. The first-order valence-corrected chi connectivity index (χ1v) is 10.2. The second-order valence-corrected chi connectivity index (χ2v) is 7.76. The second kappa shape index (κ2) is 7.79. The molecule has 0 unspecified atom stereocenters. The third kappa shape index (κ3) is 3.73. The van der Waals surface area contributed by atoms with Gasteiger partial charge in [-0.25, -0.2) is 4.98 Å². The first kappa shape index (κ1) is 18.6. The minimum atomic E-state index is 0.0189. The molecule has 0 amide bonds. The van der Waals surface area contributed by atoms with E-state index in [9.17, 15) is 4.79 Å². The van der Waals surface area contributed by atoms with Gasteiger partial charge in [-0.2, -0.15) is 10.2 Å². The highest BCUT2D eigenvalue weighted by molar-refractivity contribution is 5.97. The first-order chi connectivity index (χ1) is 14.7. The van der Waals surface area contributed by atoms with Crippen LogP contribution >= 0.6 is 0 Å². The number of aryl methyl sites for hydroxylation is 1. The van der Waals surface area contributed by atoms with Crippen molar-refractivity contribution in [3.05, 3.63) is 60.4 Å². The number of nitrogens with zero attached hydrogens (tertiary/aromatic N) is 6. The van der Waals surface area contributed by atoms with Crippen LogP contribution in [-0.2, 0) is 13.5 Å². The number of nitrogens with one attached hydrogen (secondary N) is 1. The fourth-order valence-corrected chi connectivity index (χ4v) is 3.89. The van der Waals surface area contributed by atoms with Crippen LogP contribution in [0.5, 0.6) is 0 Å². The lowest BCUT2D eigenvalue weighted by Gasteiger charge is -2.22. The molecule has 0 aromatic carbocycles. The minimum Gasteiger partial charge on any atom is -0.317 e. The molecule has 152 valence electrons. The average Bonchev–Trinajstić information content (AvgIpc) is 3.43. The van der Waals surface area contributed by atoms with E-state index in [0.29, 0.717) is 17.3 Å². The van der Waals surface area contributed by atoms with Crippen molar-refractivity contribution < 1.29 is 4.79 Å². The van der Waals surface area contributed by atoms with Gasteiger partial charge in [-0.05, 0) is 44.1 Å². The third-order valence-corrected chi connectivity index (χ3v) is 5.58. The molecular weight excluding hydrogens is 378 g/mol. The van der Waals surface area contributed by atoms with Gasteiger partial charge in [0.15, 0.2) is 5.78 Å². The van der Waals surface area contributed by atoms with E-state index in [1.807, 2.05) is 42.3 Å². The summed E-state index contributed by atoms with van der Waals surface area (Å²) in [7, 11) is 1.88. The summed E-state index contributed by atoms with van der Waals surface area (Å²) in [5.74, 6) is 0.0189. The van der Waals surface area contributed by atoms with Crippen molar-refractivity contribution in [2.45, 2.75) is 25.3 Å². The number of aromatic nitrogens is 6. The highest BCUT2D eigenvalue weighted by atomic mass is 16.1. The monoisotopic (exact) mass is 401 g/mol. The van der Waals surface area contributed by atoms with Crippen LogP contribution in [0, 0.1) is 0 Å². The number of ketones is 1. The van der Waals surface area contributed by atoms with Crippen LogP contribution in [0.15, 0.2) is 49.2 Å². The molecule has 1 aliphatic heterocycles. The lowest BCUT2D eigenvalue weighted by Crippen LogP contribution is -2.29. The summed E-state index contributed by atoms with van der Waals surface area (Å²) in [6.07, 6.45) is 11.3. The molecule has 4 aromatic heterocycles. The van der Waals surface area contributed by atoms with Gasteiger partial charge < -0.3 is 5.32 Å². The Labute approximate surface area is 174 Å². The fraction of sp³-hybridized carbons (Fsp3) is 0.318. The number of hydrogen-bond acceptors (Lipinski definition) is 6. The largest absolute Gasteiger partial charge is 0.317 e. The van der Waals surface area contributed by atoms with Crippen molar-refractivity contribution in [1.29, 1.82) is 0 Å². The van der Waals surface area contributed by atoms with Gasteiger partial charge in [-0.1, -0.05) is 0 Å².